The molecule has 2 rings (SSSR count). The van der Waals surface area contributed by atoms with Gasteiger partial charge in [-0.1, -0.05) is 48.5 Å². The van der Waals surface area contributed by atoms with Crippen LogP contribution in [0.3, 0.4) is 0 Å². The van der Waals surface area contributed by atoms with Gasteiger partial charge < -0.3 is 10.4 Å². The minimum atomic E-state index is -4.54. The Bertz CT molecular complexity index is 575. The van der Waals surface area contributed by atoms with Crippen molar-refractivity contribution in [2.24, 2.45) is 0 Å². The average Bonchev–Trinajstić information content (AvgIpc) is 2.54. The third kappa shape index (κ3) is 5.58. The minimum Gasteiger partial charge on any atom is -0.389 e. The van der Waals surface area contributed by atoms with Crippen LogP contribution in [0.2, 0.25) is 0 Å². The maximum atomic E-state index is 13.1. The van der Waals surface area contributed by atoms with Crippen LogP contribution in [0.1, 0.15) is 5.56 Å². The average molecular weight is 324 g/mol. The first-order valence-electron chi connectivity index (χ1n) is 7.28. The molecule has 0 unspecified atom stereocenters. The molecule has 0 radical (unpaired) electrons. The molecule has 0 aliphatic carbocycles. The summed E-state index contributed by atoms with van der Waals surface area (Å²) in [7, 11) is 0. The van der Waals surface area contributed by atoms with E-state index >= 15 is 0 Å². The molecule has 23 heavy (non-hydrogen) atoms. The fourth-order valence-electron chi connectivity index (χ4n) is 2.19. The number of rotatable bonds is 7. The molecule has 2 aromatic carbocycles. The molecular formula is C17H19F3N2O. The first-order valence-corrected chi connectivity index (χ1v) is 7.28. The normalized spacial score (nSPS) is 14.3. The van der Waals surface area contributed by atoms with Crippen molar-refractivity contribution in [1.82, 2.24) is 5.32 Å². The van der Waals surface area contributed by atoms with Crippen molar-refractivity contribution >= 4 is 5.69 Å². The number of para-hydroxylation sites is 1. The Morgan fingerprint density at radius 2 is 1.48 bits per heavy atom. The van der Waals surface area contributed by atoms with E-state index in [1.165, 1.54) is 0 Å². The third-order valence-corrected chi connectivity index (χ3v) is 3.40. The van der Waals surface area contributed by atoms with Crippen molar-refractivity contribution in [3.8, 4) is 0 Å². The Labute approximate surface area is 133 Å². The summed E-state index contributed by atoms with van der Waals surface area (Å²) >= 11 is 0. The van der Waals surface area contributed by atoms with E-state index in [0.29, 0.717) is 5.69 Å². The largest absolute Gasteiger partial charge is 0.406 e. The summed E-state index contributed by atoms with van der Waals surface area (Å²) in [5.74, 6) is 0. The molecule has 2 atom stereocenters. The van der Waals surface area contributed by atoms with E-state index in [9.17, 15) is 18.3 Å². The van der Waals surface area contributed by atoms with Crippen molar-refractivity contribution in [3.63, 3.8) is 0 Å². The van der Waals surface area contributed by atoms with Gasteiger partial charge >= 0.3 is 6.18 Å². The molecule has 6 heteroatoms. The fourth-order valence-corrected chi connectivity index (χ4v) is 2.19. The van der Waals surface area contributed by atoms with Crippen LogP contribution in [0.5, 0.6) is 0 Å². The zero-order valence-corrected chi connectivity index (χ0v) is 12.4. The van der Waals surface area contributed by atoms with E-state index in [2.05, 4.69) is 10.6 Å². The van der Waals surface area contributed by atoms with Gasteiger partial charge in [0.25, 0.3) is 0 Å². The highest BCUT2D eigenvalue weighted by molar-refractivity contribution is 5.42. The first-order chi connectivity index (χ1) is 11.0. The van der Waals surface area contributed by atoms with Crippen LogP contribution in [0.4, 0.5) is 18.9 Å². The van der Waals surface area contributed by atoms with Gasteiger partial charge in [0.1, 0.15) is 6.04 Å². The predicted molar refractivity (Wildman–Crippen MR) is 84.1 cm³/mol. The van der Waals surface area contributed by atoms with Crippen LogP contribution in [0.25, 0.3) is 0 Å². The molecule has 0 amide bonds. The van der Waals surface area contributed by atoms with Gasteiger partial charge in [-0.2, -0.15) is 13.2 Å². The monoisotopic (exact) mass is 324 g/mol. The summed E-state index contributed by atoms with van der Waals surface area (Å²) in [6, 6.07) is 15.6. The summed E-state index contributed by atoms with van der Waals surface area (Å²) in [5, 5.41) is 15.1. The quantitative estimate of drug-likeness (QED) is 0.733. The van der Waals surface area contributed by atoms with E-state index in [1.54, 1.807) is 54.6 Å². The maximum absolute atomic E-state index is 13.1. The van der Waals surface area contributed by atoms with E-state index < -0.39 is 18.3 Å². The lowest BCUT2D eigenvalue weighted by Crippen LogP contribution is -2.52. The summed E-state index contributed by atoms with van der Waals surface area (Å²) in [6.45, 7) is -0.163. The number of hydrogen-bond acceptors (Lipinski definition) is 3. The second-order valence-electron chi connectivity index (χ2n) is 5.20. The molecule has 0 saturated carbocycles. The number of aliphatic hydroxyl groups is 1. The lowest BCUT2D eigenvalue weighted by molar-refractivity contribution is -0.176. The van der Waals surface area contributed by atoms with Gasteiger partial charge in [0.2, 0.25) is 0 Å². The Hall–Kier alpha value is -2.05. The molecule has 0 heterocycles. The Morgan fingerprint density at radius 1 is 0.913 bits per heavy atom. The van der Waals surface area contributed by atoms with E-state index in [4.69, 9.17) is 0 Å². The first kappa shape index (κ1) is 17.3. The number of anilines is 1. The summed E-state index contributed by atoms with van der Waals surface area (Å²) in [6.07, 6.45) is -6.13. The number of nitrogens with one attached hydrogen (secondary N) is 2. The van der Waals surface area contributed by atoms with Crippen LogP contribution >= 0.6 is 0 Å². The van der Waals surface area contributed by atoms with Crippen molar-refractivity contribution in [2.75, 3.05) is 11.9 Å². The highest BCUT2D eigenvalue weighted by Gasteiger charge is 2.43. The molecule has 0 aliphatic heterocycles. The van der Waals surface area contributed by atoms with Crippen LogP contribution in [-0.4, -0.2) is 30.0 Å². The second kappa shape index (κ2) is 7.99. The highest BCUT2D eigenvalue weighted by Crippen LogP contribution is 2.23. The molecule has 3 N–H and O–H groups in total. The Balaban J connectivity index is 1.94. The van der Waals surface area contributed by atoms with E-state index in [1.807, 2.05) is 6.07 Å². The molecule has 0 spiro atoms. The van der Waals surface area contributed by atoms with Gasteiger partial charge in [-0.25, -0.2) is 0 Å². The van der Waals surface area contributed by atoms with Crippen molar-refractivity contribution in [2.45, 2.75) is 24.9 Å². The highest BCUT2D eigenvalue weighted by atomic mass is 19.4. The van der Waals surface area contributed by atoms with Gasteiger partial charge in [-0.05, 0) is 17.7 Å². The summed E-state index contributed by atoms with van der Waals surface area (Å²) in [5.41, 5.74) is 1.39. The van der Waals surface area contributed by atoms with Gasteiger partial charge in [-0.3, -0.25) is 5.32 Å². The van der Waals surface area contributed by atoms with Gasteiger partial charge in [-0.15, -0.1) is 0 Å². The standard InChI is InChI=1S/C17H19F3N2O/c18-17(19,20)16(22-11-13-7-3-1-4-8-13)15(23)12-21-14-9-5-2-6-10-14/h1-10,15-16,21-23H,11-12H2/t15-,16+/m0/s1. The minimum absolute atomic E-state index is 0.0351. The topological polar surface area (TPSA) is 44.3 Å². The number of aliphatic hydroxyl groups excluding tert-OH is 1. The molecule has 0 aliphatic rings. The van der Waals surface area contributed by atoms with E-state index in [0.717, 1.165) is 5.56 Å². The van der Waals surface area contributed by atoms with Crippen molar-refractivity contribution in [1.29, 1.82) is 0 Å². The second-order valence-corrected chi connectivity index (χ2v) is 5.20. The van der Waals surface area contributed by atoms with Gasteiger partial charge in [0, 0.05) is 18.8 Å². The Morgan fingerprint density at radius 3 is 2.04 bits per heavy atom. The molecule has 0 bridgehead atoms. The third-order valence-electron chi connectivity index (χ3n) is 3.40. The Kier molecular flexibility index (Phi) is 6.01. The van der Waals surface area contributed by atoms with Crippen LogP contribution in [0.15, 0.2) is 60.7 Å². The number of hydrogen-bond donors (Lipinski definition) is 3. The SMILES string of the molecule is O[C@@H](CNc1ccccc1)[C@@H](NCc1ccccc1)C(F)(F)F. The lowest BCUT2D eigenvalue weighted by Gasteiger charge is -2.27. The molecule has 0 aromatic heterocycles. The maximum Gasteiger partial charge on any atom is 0.406 e. The molecule has 3 nitrogen and oxygen atoms in total. The molecular weight excluding hydrogens is 305 g/mol. The van der Waals surface area contributed by atoms with Crippen molar-refractivity contribution < 1.29 is 18.3 Å². The van der Waals surface area contributed by atoms with Crippen LogP contribution < -0.4 is 10.6 Å². The summed E-state index contributed by atoms with van der Waals surface area (Å²) in [4.78, 5) is 0. The van der Waals surface area contributed by atoms with Gasteiger partial charge in [0.15, 0.2) is 0 Å². The predicted octanol–water partition coefficient (Wildman–Crippen LogP) is 3.18. The number of halogens is 3. The molecule has 0 fully saturated rings. The number of alkyl halides is 3. The molecule has 0 saturated heterocycles. The van der Waals surface area contributed by atoms with Gasteiger partial charge in [0.05, 0.1) is 6.10 Å². The lowest BCUT2D eigenvalue weighted by atomic mass is 10.1. The van der Waals surface area contributed by atoms with Crippen LogP contribution in [-0.2, 0) is 6.54 Å². The zero-order valence-electron chi connectivity index (χ0n) is 12.4. The molecule has 124 valence electrons. The molecule has 2 aromatic rings. The summed E-state index contributed by atoms with van der Waals surface area (Å²) < 4.78 is 39.4. The zero-order chi connectivity index (χ0) is 16.7. The van der Waals surface area contributed by atoms with Crippen molar-refractivity contribution in [3.05, 3.63) is 66.2 Å². The van der Waals surface area contributed by atoms with Crippen LogP contribution in [0, 0.1) is 0 Å². The van der Waals surface area contributed by atoms with E-state index in [-0.39, 0.29) is 13.1 Å². The number of benzene rings is 2. The fraction of sp³-hybridized carbons (Fsp3) is 0.294. The smallest absolute Gasteiger partial charge is 0.389 e.